The molecule has 0 fully saturated rings. The van der Waals surface area contributed by atoms with E-state index in [1.54, 1.807) is 20.8 Å². The van der Waals surface area contributed by atoms with Crippen LogP contribution in [0.2, 0.25) is 0 Å². The molecule has 466 valence electrons. The van der Waals surface area contributed by atoms with E-state index in [2.05, 4.69) is 163 Å². The van der Waals surface area contributed by atoms with E-state index in [1.165, 1.54) is 0 Å². The van der Waals surface area contributed by atoms with Crippen molar-refractivity contribution in [2.75, 3.05) is 0 Å². The first-order valence-corrected chi connectivity index (χ1v) is 30.7. The molecule has 0 amide bonds. The van der Waals surface area contributed by atoms with Crippen molar-refractivity contribution in [3.05, 3.63) is 259 Å². The minimum absolute atomic E-state index is 0.0331. The summed E-state index contributed by atoms with van der Waals surface area (Å²) in [5, 5.41) is 30.1. The SMILES string of the molecule is CC1=C(/C=C/C(C)=C/C=C/C(C)=C/C=C/C=C(C)/C=C/C=C(C)/C=C/C2=C(C)C(=O)C(O)CC2(C)C)C(C)(C)CC(O)C1=O.CC1=C(/C=C/C(C)=C/C=C/C(C)=C/C=C/C=C(C)/C=C/C=C(C)/C=C/C2=C(C)C(=O)C(O)CC2(C)C)C(C)(C)CCC1=O. The molecule has 0 bridgehead atoms. The third-order valence-corrected chi connectivity index (χ3v) is 16.6. The molecule has 3 unspecified atom stereocenters. The van der Waals surface area contributed by atoms with Gasteiger partial charge in [0.1, 0.15) is 18.3 Å². The summed E-state index contributed by atoms with van der Waals surface area (Å²) in [6.07, 6.45) is 57.4. The van der Waals surface area contributed by atoms with Gasteiger partial charge in [0.05, 0.1) is 0 Å². The summed E-state index contributed by atoms with van der Waals surface area (Å²) in [6, 6.07) is 0. The van der Waals surface area contributed by atoms with Crippen molar-refractivity contribution in [3.8, 4) is 0 Å². The number of aliphatic hydroxyl groups excluding tert-OH is 3. The zero-order chi connectivity index (χ0) is 65.6. The van der Waals surface area contributed by atoms with Crippen molar-refractivity contribution in [1.82, 2.24) is 0 Å². The van der Waals surface area contributed by atoms with Crippen LogP contribution in [0.15, 0.2) is 259 Å². The first-order valence-electron chi connectivity index (χ1n) is 30.7. The molecule has 0 saturated carbocycles. The summed E-state index contributed by atoms with van der Waals surface area (Å²) in [6.45, 7) is 40.6. The van der Waals surface area contributed by atoms with Gasteiger partial charge in [-0.2, -0.15) is 0 Å². The van der Waals surface area contributed by atoms with Gasteiger partial charge in [-0.3, -0.25) is 19.2 Å². The molecule has 0 aromatic heterocycles. The number of hydrogen-bond donors (Lipinski definition) is 3. The smallest absolute Gasteiger partial charge is 0.187 e. The summed E-state index contributed by atoms with van der Waals surface area (Å²) in [7, 11) is 0. The first kappa shape index (κ1) is 74.1. The Balaban J connectivity index is 0.000000455. The third-order valence-electron chi connectivity index (χ3n) is 16.6. The van der Waals surface area contributed by atoms with E-state index >= 15 is 0 Å². The van der Waals surface area contributed by atoms with Crippen LogP contribution in [0.1, 0.15) is 171 Å². The van der Waals surface area contributed by atoms with Crippen LogP contribution in [0.25, 0.3) is 0 Å². The number of carbonyl (C=O) groups is 4. The summed E-state index contributed by atoms with van der Waals surface area (Å²) in [5.41, 5.74) is 15.2. The van der Waals surface area contributed by atoms with E-state index < -0.39 is 18.3 Å². The molecule has 0 saturated heterocycles. The number of hydrogen-bond acceptors (Lipinski definition) is 7. The normalized spacial score (nSPS) is 23.8. The number of aliphatic hydroxyl groups is 3. The van der Waals surface area contributed by atoms with E-state index in [0.717, 1.165) is 78.9 Å². The lowest BCUT2D eigenvalue weighted by molar-refractivity contribution is -0.126. The monoisotopic (exact) mass is 1180 g/mol. The molecule has 87 heavy (non-hydrogen) atoms. The van der Waals surface area contributed by atoms with Gasteiger partial charge < -0.3 is 15.3 Å². The molecular formula is C80H104O7. The van der Waals surface area contributed by atoms with Crippen LogP contribution in [-0.4, -0.2) is 56.8 Å². The lowest BCUT2D eigenvalue weighted by Crippen LogP contribution is -2.35. The van der Waals surface area contributed by atoms with Crippen molar-refractivity contribution in [1.29, 1.82) is 0 Å². The minimum atomic E-state index is -0.907. The quantitative estimate of drug-likeness (QED) is 0.104. The van der Waals surface area contributed by atoms with E-state index in [0.29, 0.717) is 42.4 Å². The van der Waals surface area contributed by atoms with Gasteiger partial charge in [0, 0.05) is 6.42 Å². The fraction of sp³-hybridized carbons (Fsp3) is 0.400. The zero-order valence-electron chi connectivity index (χ0n) is 56.4. The average molecular weight is 1180 g/mol. The molecule has 7 heteroatoms. The van der Waals surface area contributed by atoms with Crippen LogP contribution in [0, 0.1) is 21.7 Å². The minimum Gasteiger partial charge on any atom is -0.385 e. The van der Waals surface area contributed by atoms with E-state index in [1.807, 2.05) is 125 Å². The Labute approximate surface area is 524 Å². The molecule has 0 aliphatic heterocycles. The van der Waals surface area contributed by atoms with Crippen molar-refractivity contribution < 1.29 is 34.5 Å². The second kappa shape index (κ2) is 33.8. The number of rotatable bonds is 20. The predicted molar refractivity (Wildman–Crippen MR) is 369 cm³/mol. The van der Waals surface area contributed by atoms with Crippen LogP contribution < -0.4 is 0 Å². The highest BCUT2D eigenvalue weighted by atomic mass is 16.3. The Morgan fingerprint density at radius 2 is 0.529 bits per heavy atom. The summed E-state index contributed by atoms with van der Waals surface area (Å²) < 4.78 is 0. The maximum atomic E-state index is 12.2. The topological polar surface area (TPSA) is 129 Å². The van der Waals surface area contributed by atoms with Gasteiger partial charge in [0.2, 0.25) is 0 Å². The van der Waals surface area contributed by atoms with Gasteiger partial charge in [-0.25, -0.2) is 0 Å². The first-order chi connectivity index (χ1) is 40.5. The van der Waals surface area contributed by atoms with Crippen LogP contribution in [0.4, 0.5) is 0 Å². The molecule has 0 aromatic rings. The fourth-order valence-electron chi connectivity index (χ4n) is 11.1. The Kier molecular flexibility index (Phi) is 28.8. The van der Waals surface area contributed by atoms with Crippen molar-refractivity contribution in [2.45, 2.75) is 189 Å². The lowest BCUT2D eigenvalue weighted by Gasteiger charge is -2.34. The molecule has 3 N–H and O–H groups in total. The van der Waals surface area contributed by atoms with Crippen LogP contribution in [0.5, 0.6) is 0 Å². The van der Waals surface area contributed by atoms with Crippen molar-refractivity contribution in [3.63, 3.8) is 0 Å². The van der Waals surface area contributed by atoms with Gasteiger partial charge in [-0.15, -0.1) is 0 Å². The van der Waals surface area contributed by atoms with Gasteiger partial charge in [-0.1, -0.05) is 270 Å². The zero-order valence-corrected chi connectivity index (χ0v) is 56.4. The maximum Gasteiger partial charge on any atom is 0.187 e. The molecule has 0 spiro atoms. The molecule has 0 heterocycles. The molecule has 0 radical (unpaired) electrons. The highest BCUT2D eigenvalue weighted by Gasteiger charge is 2.39. The second-order valence-corrected chi connectivity index (χ2v) is 26.7. The fourth-order valence-corrected chi connectivity index (χ4v) is 11.1. The molecule has 0 aromatic carbocycles. The highest BCUT2D eigenvalue weighted by Crippen LogP contribution is 2.43. The Bertz CT molecular complexity index is 3200. The molecule has 4 aliphatic carbocycles. The number of Topliss-reactive ketones (excluding diaryl/α,β-unsaturated/α-hetero) is 4. The van der Waals surface area contributed by atoms with Crippen molar-refractivity contribution in [2.24, 2.45) is 21.7 Å². The highest BCUT2D eigenvalue weighted by molar-refractivity contribution is 6.02. The predicted octanol–water partition coefficient (Wildman–Crippen LogP) is 18.8. The van der Waals surface area contributed by atoms with Crippen LogP contribution in [-0.2, 0) is 19.2 Å². The van der Waals surface area contributed by atoms with Crippen molar-refractivity contribution >= 4 is 23.1 Å². The Morgan fingerprint density at radius 3 is 0.770 bits per heavy atom. The summed E-state index contributed by atoms with van der Waals surface area (Å²) in [5.74, 6) is -0.253. The standard InChI is InChI=1S/C40H52O4.C40H52O3/c1-27(17-13-19-29(3)21-23-33-31(5)37(43)35(41)25-39(33,7)8)15-11-12-16-28(2)18-14-20-30(4)22-24-34-32(6)38(44)36(42)26-40(34,9)10;1-28(17-13-19-30(3)21-23-34-32(5)36(41)25-26-39(34,7)8)15-11-12-16-29(2)18-14-20-31(4)22-24-35-33(6)38(43)37(42)27-40(35,9)10/h11-24,35-36,41-42H,25-26H2,1-10H3;11-24,37,42H,25-27H2,1-10H3/b12-11+,17-13+,18-14+,23-21+,24-22+,27-15+,28-16+,29-19+,30-20+;12-11+,17-13+,18-14+,23-21+,24-22+,28-15+,29-16+,30-19+,31-20+. The van der Waals surface area contributed by atoms with Gasteiger partial charge in [0.15, 0.2) is 23.1 Å². The summed E-state index contributed by atoms with van der Waals surface area (Å²) in [4.78, 5) is 48.9. The van der Waals surface area contributed by atoms with E-state index in [-0.39, 0.29) is 44.8 Å². The van der Waals surface area contributed by atoms with E-state index in [9.17, 15) is 34.5 Å². The molecule has 4 rings (SSSR count). The number of carbonyl (C=O) groups excluding carboxylic acids is 4. The average Bonchev–Trinajstić information content (AvgIpc) is 1.34. The van der Waals surface area contributed by atoms with Crippen LogP contribution in [0.3, 0.4) is 0 Å². The molecular weight excluding hydrogens is 1070 g/mol. The molecule has 7 nitrogen and oxygen atoms in total. The Hall–Kier alpha value is -7.16. The van der Waals surface area contributed by atoms with E-state index in [4.69, 9.17) is 0 Å². The summed E-state index contributed by atoms with van der Waals surface area (Å²) >= 11 is 0. The van der Waals surface area contributed by atoms with Gasteiger partial charge in [-0.05, 0) is 175 Å². The molecule has 4 aliphatic rings. The lowest BCUT2D eigenvalue weighted by atomic mass is 9.71. The number of ketones is 4. The third kappa shape index (κ3) is 23.8. The van der Waals surface area contributed by atoms with Crippen LogP contribution >= 0.6 is 0 Å². The number of allylic oxidation sites excluding steroid dienone is 41. The van der Waals surface area contributed by atoms with Gasteiger partial charge in [0.25, 0.3) is 0 Å². The Morgan fingerprint density at radius 1 is 0.322 bits per heavy atom. The second-order valence-electron chi connectivity index (χ2n) is 26.7. The van der Waals surface area contributed by atoms with Gasteiger partial charge >= 0.3 is 0 Å². The largest absolute Gasteiger partial charge is 0.385 e. The molecule has 3 atom stereocenters. The maximum absolute atomic E-state index is 12.2.